The third-order valence-corrected chi connectivity index (χ3v) is 4.80. The van der Waals surface area contributed by atoms with E-state index in [9.17, 15) is 4.79 Å². The van der Waals surface area contributed by atoms with E-state index < -0.39 is 6.10 Å². The van der Waals surface area contributed by atoms with Crippen molar-refractivity contribution in [2.45, 2.75) is 32.9 Å². The molecule has 2 heterocycles. The van der Waals surface area contributed by atoms with Crippen molar-refractivity contribution in [1.82, 2.24) is 14.7 Å². The zero-order valence-electron chi connectivity index (χ0n) is 15.8. The SMILES string of the molecule is COc1ccc(C2=NOC(C(=O)N(C)Cc3c(C)nn(C)c3C)C2)cc1. The van der Waals surface area contributed by atoms with Crippen LogP contribution in [0, 0.1) is 13.8 Å². The Hall–Kier alpha value is -2.83. The number of carbonyl (C=O) groups is 1. The molecule has 1 aliphatic heterocycles. The Labute approximate surface area is 153 Å². The van der Waals surface area contributed by atoms with Crippen molar-refractivity contribution in [2.24, 2.45) is 12.2 Å². The van der Waals surface area contributed by atoms with Gasteiger partial charge in [-0.3, -0.25) is 9.48 Å². The summed E-state index contributed by atoms with van der Waals surface area (Å²) in [6.45, 7) is 4.46. The van der Waals surface area contributed by atoms with Crippen LogP contribution < -0.4 is 4.74 Å². The fraction of sp³-hybridized carbons (Fsp3) is 0.421. The molecule has 138 valence electrons. The van der Waals surface area contributed by atoms with Crippen molar-refractivity contribution in [3.05, 3.63) is 46.8 Å². The number of benzene rings is 1. The van der Waals surface area contributed by atoms with E-state index in [2.05, 4.69) is 10.3 Å². The fourth-order valence-electron chi connectivity index (χ4n) is 3.07. The Balaban J connectivity index is 1.64. The summed E-state index contributed by atoms with van der Waals surface area (Å²) in [7, 11) is 5.31. The zero-order valence-corrected chi connectivity index (χ0v) is 15.8. The minimum Gasteiger partial charge on any atom is -0.497 e. The van der Waals surface area contributed by atoms with Gasteiger partial charge in [0, 0.05) is 38.3 Å². The first-order valence-corrected chi connectivity index (χ1v) is 8.52. The van der Waals surface area contributed by atoms with Crippen LogP contribution in [0.3, 0.4) is 0 Å². The van der Waals surface area contributed by atoms with Crippen LogP contribution in [0.2, 0.25) is 0 Å². The van der Waals surface area contributed by atoms with Crippen LogP contribution >= 0.6 is 0 Å². The fourth-order valence-corrected chi connectivity index (χ4v) is 3.07. The van der Waals surface area contributed by atoms with Gasteiger partial charge in [-0.2, -0.15) is 5.10 Å². The largest absolute Gasteiger partial charge is 0.497 e. The first-order valence-electron chi connectivity index (χ1n) is 8.52. The molecular formula is C19H24N4O3. The van der Waals surface area contributed by atoms with Crippen molar-refractivity contribution in [2.75, 3.05) is 14.2 Å². The maximum absolute atomic E-state index is 12.7. The number of ether oxygens (including phenoxy) is 1. The molecule has 0 aliphatic carbocycles. The lowest BCUT2D eigenvalue weighted by atomic mass is 10.0. The highest BCUT2D eigenvalue weighted by atomic mass is 16.6. The monoisotopic (exact) mass is 356 g/mol. The minimum absolute atomic E-state index is 0.0834. The summed E-state index contributed by atoms with van der Waals surface area (Å²) in [5.41, 5.74) is 4.77. The average Bonchev–Trinajstić information content (AvgIpc) is 3.22. The Kier molecular flexibility index (Phi) is 4.97. The second kappa shape index (κ2) is 7.19. The topological polar surface area (TPSA) is 69.0 Å². The van der Waals surface area contributed by atoms with Crippen molar-refractivity contribution >= 4 is 11.6 Å². The first kappa shape index (κ1) is 18.0. The third kappa shape index (κ3) is 3.42. The maximum atomic E-state index is 12.7. The molecule has 0 radical (unpaired) electrons. The smallest absolute Gasteiger partial charge is 0.266 e. The van der Waals surface area contributed by atoms with Crippen molar-refractivity contribution in [3.63, 3.8) is 0 Å². The molecule has 2 aromatic rings. The number of amides is 1. The standard InChI is InChI=1S/C19H24N4O3/c1-12-16(13(2)23(4)20-12)11-22(3)19(24)18-10-17(21-26-18)14-6-8-15(25-5)9-7-14/h6-9,18H,10-11H2,1-5H3. The second-order valence-electron chi connectivity index (χ2n) is 6.53. The molecule has 0 bridgehead atoms. The molecule has 0 spiro atoms. The van der Waals surface area contributed by atoms with Crippen LogP contribution in [0.1, 0.15) is 28.9 Å². The number of methoxy groups -OCH3 is 1. The second-order valence-corrected chi connectivity index (χ2v) is 6.53. The summed E-state index contributed by atoms with van der Waals surface area (Å²) in [6.07, 6.45) is -0.130. The van der Waals surface area contributed by atoms with E-state index in [4.69, 9.17) is 9.57 Å². The summed E-state index contributed by atoms with van der Waals surface area (Å²) < 4.78 is 6.99. The molecule has 7 nitrogen and oxygen atoms in total. The molecule has 0 fully saturated rings. The highest BCUT2D eigenvalue weighted by Gasteiger charge is 2.31. The van der Waals surface area contributed by atoms with Crippen molar-refractivity contribution in [3.8, 4) is 5.75 Å². The first-order chi connectivity index (χ1) is 12.4. The van der Waals surface area contributed by atoms with E-state index in [1.165, 1.54) is 0 Å². The molecule has 1 aromatic carbocycles. The number of rotatable bonds is 5. The molecule has 1 unspecified atom stereocenters. The number of hydrogen-bond acceptors (Lipinski definition) is 5. The van der Waals surface area contributed by atoms with Crippen LogP contribution in [0.25, 0.3) is 0 Å². The van der Waals surface area contributed by atoms with Gasteiger partial charge < -0.3 is 14.5 Å². The molecule has 0 N–H and O–H groups in total. The van der Waals surface area contributed by atoms with Crippen molar-refractivity contribution < 1.29 is 14.4 Å². The number of aromatic nitrogens is 2. The number of aryl methyl sites for hydroxylation is 2. The van der Waals surface area contributed by atoms with Gasteiger partial charge in [0.05, 0.1) is 18.5 Å². The van der Waals surface area contributed by atoms with E-state index in [0.29, 0.717) is 13.0 Å². The van der Waals surface area contributed by atoms with E-state index in [-0.39, 0.29) is 5.91 Å². The van der Waals surface area contributed by atoms with Crippen molar-refractivity contribution in [1.29, 1.82) is 0 Å². The molecule has 3 rings (SSSR count). The Morgan fingerprint density at radius 3 is 2.62 bits per heavy atom. The number of nitrogens with zero attached hydrogens (tertiary/aromatic N) is 4. The zero-order chi connectivity index (χ0) is 18.8. The van der Waals surface area contributed by atoms with E-state index in [1.54, 1.807) is 19.1 Å². The summed E-state index contributed by atoms with van der Waals surface area (Å²) >= 11 is 0. The van der Waals surface area contributed by atoms with E-state index >= 15 is 0 Å². The molecule has 0 saturated carbocycles. The summed E-state index contributed by atoms with van der Waals surface area (Å²) in [5, 5.41) is 8.51. The Morgan fingerprint density at radius 2 is 2.04 bits per heavy atom. The molecule has 1 atom stereocenters. The molecule has 1 aromatic heterocycles. The van der Waals surface area contributed by atoms with Gasteiger partial charge in [-0.1, -0.05) is 5.16 Å². The van der Waals surface area contributed by atoms with Gasteiger partial charge in [-0.15, -0.1) is 0 Å². The number of oxime groups is 1. The van der Waals surface area contributed by atoms with Gasteiger partial charge in [0.2, 0.25) is 6.10 Å². The van der Waals surface area contributed by atoms with Gasteiger partial charge >= 0.3 is 0 Å². The average molecular weight is 356 g/mol. The maximum Gasteiger partial charge on any atom is 0.266 e. The number of likely N-dealkylation sites (N-methyl/N-ethyl adjacent to an activating group) is 1. The lowest BCUT2D eigenvalue weighted by molar-refractivity contribution is -0.141. The van der Waals surface area contributed by atoms with Gasteiger partial charge in [0.25, 0.3) is 5.91 Å². The number of carbonyl (C=O) groups excluding carboxylic acids is 1. The van der Waals surface area contributed by atoms with Crippen LogP contribution in [0.15, 0.2) is 29.4 Å². The molecular weight excluding hydrogens is 332 g/mol. The summed E-state index contributed by atoms with van der Waals surface area (Å²) in [4.78, 5) is 19.8. The van der Waals surface area contributed by atoms with E-state index in [1.807, 2.05) is 49.8 Å². The molecule has 0 saturated heterocycles. The summed E-state index contributed by atoms with van der Waals surface area (Å²) in [5.74, 6) is 0.697. The molecule has 26 heavy (non-hydrogen) atoms. The minimum atomic E-state index is -0.589. The highest BCUT2D eigenvalue weighted by Crippen LogP contribution is 2.21. The van der Waals surface area contributed by atoms with Gasteiger partial charge in [-0.25, -0.2) is 0 Å². The summed E-state index contributed by atoms with van der Waals surface area (Å²) in [6, 6.07) is 7.57. The third-order valence-electron chi connectivity index (χ3n) is 4.80. The predicted molar refractivity (Wildman–Crippen MR) is 98.2 cm³/mol. The Bertz CT molecular complexity index is 839. The van der Waals surface area contributed by atoms with Crippen LogP contribution in [0.5, 0.6) is 5.75 Å². The normalized spacial score (nSPS) is 16.2. The van der Waals surface area contributed by atoms with Crippen LogP contribution in [0.4, 0.5) is 0 Å². The molecule has 7 heteroatoms. The quantitative estimate of drug-likeness (QED) is 0.824. The van der Waals surface area contributed by atoms with E-state index in [0.717, 1.165) is 34.0 Å². The number of hydrogen-bond donors (Lipinski definition) is 0. The predicted octanol–water partition coefficient (Wildman–Crippen LogP) is 2.20. The lowest BCUT2D eigenvalue weighted by Crippen LogP contribution is -2.36. The lowest BCUT2D eigenvalue weighted by Gasteiger charge is -2.20. The van der Waals surface area contributed by atoms with Crippen LogP contribution in [-0.2, 0) is 23.2 Å². The molecule has 1 amide bonds. The van der Waals surface area contributed by atoms with Gasteiger partial charge in [-0.05, 0) is 43.7 Å². The van der Waals surface area contributed by atoms with Gasteiger partial charge in [0.1, 0.15) is 5.75 Å². The Morgan fingerprint density at radius 1 is 1.35 bits per heavy atom. The van der Waals surface area contributed by atoms with Gasteiger partial charge in [0.15, 0.2) is 0 Å². The molecule has 1 aliphatic rings. The highest BCUT2D eigenvalue weighted by molar-refractivity contribution is 6.04. The van der Waals surface area contributed by atoms with Crippen LogP contribution in [-0.4, -0.2) is 46.6 Å².